The molecule has 0 heterocycles. The van der Waals surface area contributed by atoms with E-state index in [0.717, 1.165) is 0 Å². The van der Waals surface area contributed by atoms with Crippen molar-refractivity contribution in [1.82, 2.24) is 0 Å². The molecule has 0 aromatic rings. The van der Waals surface area contributed by atoms with Crippen molar-refractivity contribution < 1.29 is 0 Å². The van der Waals surface area contributed by atoms with Crippen LogP contribution in [-0.2, 0) is 0 Å². The van der Waals surface area contributed by atoms with Gasteiger partial charge in [0.2, 0.25) is 0 Å². The van der Waals surface area contributed by atoms with Crippen LogP contribution in [0.3, 0.4) is 0 Å². The summed E-state index contributed by atoms with van der Waals surface area (Å²) in [5.41, 5.74) is 0. The molecule has 13 heavy (non-hydrogen) atoms. The van der Waals surface area contributed by atoms with Crippen LogP contribution in [0.5, 0.6) is 0 Å². The van der Waals surface area contributed by atoms with Gasteiger partial charge >= 0.3 is 384 Å². The second-order valence-electron chi connectivity index (χ2n) is 0. The van der Waals surface area contributed by atoms with Crippen LogP contribution in [0.2, 0.25) is 0 Å². The van der Waals surface area contributed by atoms with Crippen LogP contribution in [0.1, 0.15) is 0 Å². The first-order valence-corrected chi connectivity index (χ1v) is 0. The fourth-order valence-electron chi connectivity index (χ4n) is 0. The molecule has 0 radical (unpaired) electrons. The maximum absolute atomic E-state index is 0. The monoisotopic (exact) mass is 312 g/mol. The molecule has 0 aliphatic carbocycles. The molecule has 0 fully saturated rings. The molecule has 0 spiro atoms. The van der Waals surface area contributed by atoms with E-state index < -0.39 is 0 Å². The Kier molecular flexibility index (Phi) is 630. The second kappa shape index (κ2) is 85.2. The molecular weight excluding hydrogens is 299 g/mol. The zero-order valence-electron chi connectivity index (χ0n) is 0. The molecule has 0 nitrogen and oxygen atoms in total. The van der Waals surface area contributed by atoms with Gasteiger partial charge < -0.3 is 0 Å². The van der Waals surface area contributed by atoms with Crippen molar-refractivity contribution in [3.05, 3.63) is 0 Å². The van der Waals surface area contributed by atoms with Crippen LogP contribution < -0.4 is 0 Å². The van der Waals surface area contributed by atoms with Gasteiger partial charge in [0.05, 0.1) is 0 Å². The average molecular weight is 312 g/mol. The van der Waals surface area contributed by atoms with Crippen molar-refractivity contribution in [2.24, 2.45) is 0 Å². The summed E-state index contributed by atoms with van der Waals surface area (Å²) in [5, 5.41) is 0. The van der Waals surface area contributed by atoms with Crippen molar-refractivity contribution in [1.29, 1.82) is 0 Å². The number of hydrogen-bond acceptors (Lipinski definition) is 0. The molecule has 0 amide bonds. The summed E-state index contributed by atoms with van der Waals surface area (Å²) in [5.74, 6) is 0. The van der Waals surface area contributed by atoms with E-state index in [9.17, 15) is 0 Å². The van der Waals surface area contributed by atoms with Crippen LogP contribution in [0.25, 0.3) is 0 Å². The Morgan fingerprint density at radius 3 is 0.0769 bits per heavy atom. The van der Waals surface area contributed by atoms with Gasteiger partial charge in [-0.1, -0.05) is 0 Å². The summed E-state index contributed by atoms with van der Waals surface area (Å²) in [6.07, 6.45) is 0. The molecule has 0 aromatic heterocycles. The summed E-state index contributed by atoms with van der Waals surface area (Å²) in [7, 11) is 0. The molecule has 0 rings (SSSR count). The molecule has 0 aromatic carbocycles. The van der Waals surface area contributed by atoms with Crippen LogP contribution in [-0.4, -0.2) is 384 Å². The van der Waals surface area contributed by atoms with Gasteiger partial charge in [0, 0.05) is 0 Å². The first-order valence-electron chi connectivity index (χ1n) is 0. The maximum atomic E-state index is 0. The van der Waals surface area contributed by atoms with Crippen LogP contribution in [0.4, 0.5) is 0 Å². The van der Waals surface area contributed by atoms with E-state index in [2.05, 4.69) is 0 Å². The molecule has 0 aliphatic heterocycles. The predicted molar refractivity (Wildman–Crippen MR) is 92.9 cm³/mol. The van der Waals surface area contributed by atoms with Crippen molar-refractivity contribution in [3.8, 4) is 0 Å². The van der Waals surface area contributed by atoms with Gasteiger partial charge in [-0.2, -0.15) is 0 Å². The Balaban J connectivity index is 0. The van der Waals surface area contributed by atoms with Gasteiger partial charge in [-0.05, 0) is 0 Å². The Bertz CT molecular complexity index is 0. The van der Waals surface area contributed by atoms with Gasteiger partial charge in [0.1, 0.15) is 0 Å². The minimum absolute atomic E-state index is 0. The third kappa shape index (κ3) is 78.3. The summed E-state index contributed by atoms with van der Waals surface area (Å²) >= 11 is 0. The van der Waals surface area contributed by atoms with Gasteiger partial charge in [-0.15, -0.1) is 0 Å². The van der Waals surface area contributed by atoms with Crippen LogP contribution >= 0.6 is 0 Å². The SMILES string of the molecule is [NaH].[NaH].[NaH].[NaH].[NaH].[NaH].[NaH].[NaH].[NaH].[NaH].[NaH].[NaH].[NaH]. The third-order valence-corrected chi connectivity index (χ3v) is 0. The van der Waals surface area contributed by atoms with E-state index >= 15 is 0 Å². The Labute approximate surface area is 371 Å². The van der Waals surface area contributed by atoms with E-state index in [1.54, 1.807) is 0 Å². The van der Waals surface area contributed by atoms with Gasteiger partial charge in [-0.3, -0.25) is 0 Å². The molecule has 0 N–H and O–H groups in total. The first kappa shape index (κ1) is 96.2. The standard InChI is InChI=1S/13Na.13H. The average Bonchev–Trinajstić information content (AvgIpc) is 0. The van der Waals surface area contributed by atoms with Crippen molar-refractivity contribution >= 4 is 384 Å². The Morgan fingerprint density at radius 2 is 0.0769 bits per heavy atom. The van der Waals surface area contributed by atoms with E-state index in [1.165, 1.54) is 0 Å². The fraction of sp³-hybridized carbons (Fsp3) is 0. The molecule has 0 saturated heterocycles. The molecule has 0 atom stereocenters. The van der Waals surface area contributed by atoms with Crippen molar-refractivity contribution in [2.75, 3.05) is 0 Å². The summed E-state index contributed by atoms with van der Waals surface area (Å²) < 4.78 is 0. The fourth-order valence-corrected chi connectivity index (χ4v) is 0. The van der Waals surface area contributed by atoms with E-state index in [-0.39, 0.29) is 384 Å². The summed E-state index contributed by atoms with van der Waals surface area (Å²) in [6.45, 7) is 0. The van der Waals surface area contributed by atoms with E-state index in [1.807, 2.05) is 0 Å². The van der Waals surface area contributed by atoms with Gasteiger partial charge in [-0.25, -0.2) is 0 Å². The number of hydrogen-bond donors (Lipinski definition) is 0. The first-order chi connectivity index (χ1) is 0. The Hall–Kier alpha value is 13.0. The molecule has 26 valence electrons. The van der Waals surface area contributed by atoms with Gasteiger partial charge in [0.15, 0.2) is 0 Å². The van der Waals surface area contributed by atoms with E-state index in [4.69, 9.17) is 0 Å². The van der Waals surface area contributed by atoms with Gasteiger partial charge in [0.25, 0.3) is 0 Å². The number of rotatable bonds is 0. The molecule has 0 bridgehead atoms. The van der Waals surface area contributed by atoms with E-state index in [0.29, 0.717) is 0 Å². The molecule has 0 aliphatic rings. The second-order valence-corrected chi connectivity index (χ2v) is 0. The summed E-state index contributed by atoms with van der Waals surface area (Å²) in [4.78, 5) is 0. The molecule has 0 saturated carbocycles. The quantitative estimate of drug-likeness (QED) is 0.390. The summed E-state index contributed by atoms with van der Waals surface area (Å²) in [6, 6.07) is 0. The third-order valence-electron chi connectivity index (χ3n) is 0. The molecular formula is H13Na13. The topological polar surface area (TPSA) is 0 Å². The van der Waals surface area contributed by atoms with Crippen LogP contribution in [0.15, 0.2) is 0 Å². The zero-order chi connectivity index (χ0) is 0. The normalized spacial score (nSPS) is 0. The molecule has 0 unspecified atom stereocenters. The minimum atomic E-state index is 0. The zero-order valence-corrected chi connectivity index (χ0v) is 0. The Morgan fingerprint density at radius 1 is 0.0769 bits per heavy atom. The molecule has 13 heteroatoms. The predicted octanol–water partition coefficient (Wildman–Crippen LogP) is -8.43. The van der Waals surface area contributed by atoms with Crippen molar-refractivity contribution in [3.63, 3.8) is 0 Å². The van der Waals surface area contributed by atoms with Crippen molar-refractivity contribution in [2.45, 2.75) is 0 Å². The van der Waals surface area contributed by atoms with Crippen LogP contribution in [0, 0.1) is 0 Å².